The predicted molar refractivity (Wildman–Crippen MR) is 68.3 cm³/mol. The number of nitrogens with one attached hydrogen (secondary N) is 1. The van der Waals surface area contributed by atoms with Crippen LogP contribution in [0.15, 0.2) is 12.1 Å². The molecular weight excluding hydrogens is 270 g/mol. The molecule has 0 aliphatic carbocycles. The molecule has 0 bridgehead atoms. The van der Waals surface area contributed by atoms with E-state index in [1.165, 1.54) is 0 Å². The number of hydrogen-bond acceptors (Lipinski definition) is 4. The molecule has 1 aliphatic heterocycles. The standard InChI is InChI=1S/C13H16F2N2O3/c1-8-13(2,3-4-20-8)16-7-9-5-12(17(18)19)11(15)6-10(9)14/h5-6,8,16H,3-4,7H2,1-2H3. The molecule has 2 atom stereocenters. The van der Waals surface area contributed by atoms with Gasteiger partial charge in [-0.15, -0.1) is 0 Å². The average molecular weight is 286 g/mol. The highest BCUT2D eigenvalue weighted by molar-refractivity contribution is 5.37. The molecule has 5 nitrogen and oxygen atoms in total. The summed E-state index contributed by atoms with van der Waals surface area (Å²) in [7, 11) is 0. The largest absolute Gasteiger partial charge is 0.377 e. The second-order valence-electron chi connectivity index (χ2n) is 5.19. The van der Waals surface area contributed by atoms with Crippen LogP contribution in [-0.2, 0) is 11.3 Å². The Hall–Kier alpha value is -1.60. The Labute approximate surface area is 115 Å². The maximum absolute atomic E-state index is 13.7. The van der Waals surface area contributed by atoms with Gasteiger partial charge >= 0.3 is 5.69 Å². The van der Waals surface area contributed by atoms with Crippen molar-refractivity contribution in [2.75, 3.05) is 6.61 Å². The zero-order valence-electron chi connectivity index (χ0n) is 11.3. The lowest BCUT2D eigenvalue weighted by molar-refractivity contribution is -0.387. The highest BCUT2D eigenvalue weighted by atomic mass is 19.1. The predicted octanol–water partition coefficient (Wildman–Crippen LogP) is 2.53. The average Bonchev–Trinajstić information content (AvgIpc) is 2.68. The number of hydrogen-bond donors (Lipinski definition) is 1. The molecule has 0 amide bonds. The van der Waals surface area contributed by atoms with Crippen molar-refractivity contribution in [2.24, 2.45) is 0 Å². The molecule has 7 heteroatoms. The zero-order valence-corrected chi connectivity index (χ0v) is 11.3. The summed E-state index contributed by atoms with van der Waals surface area (Å²) in [5, 5.41) is 13.8. The SMILES string of the molecule is CC1OCCC1(C)NCc1cc([N+](=O)[O-])c(F)cc1F. The molecule has 1 N–H and O–H groups in total. The molecule has 0 saturated carbocycles. The minimum Gasteiger partial charge on any atom is -0.377 e. The summed E-state index contributed by atoms with van der Waals surface area (Å²) in [6, 6.07) is 1.48. The van der Waals surface area contributed by atoms with Crippen LogP contribution in [0.3, 0.4) is 0 Å². The fourth-order valence-electron chi connectivity index (χ4n) is 2.22. The third-order valence-electron chi connectivity index (χ3n) is 3.88. The Morgan fingerprint density at radius 2 is 2.20 bits per heavy atom. The monoisotopic (exact) mass is 286 g/mol. The second-order valence-corrected chi connectivity index (χ2v) is 5.19. The Kier molecular flexibility index (Phi) is 4.01. The molecule has 1 saturated heterocycles. The quantitative estimate of drug-likeness (QED) is 0.682. The number of nitro benzene ring substituents is 1. The second kappa shape index (κ2) is 5.41. The molecule has 1 heterocycles. The van der Waals surface area contributed by atoms with Gasteiger partial charge in [-0.1, -0.05) is 0 Å². The summed E-state index contributed by atoms with van der Waals surface area (Å²) in [6.45, 7) is 4.54. The van der Waals surface area contributed by atoms with E-state index in [0.29, 0.717) is 12.7 Å². The number of nitro groups is 1. The van der Waals surface area contributed by atoms with Crippen molar-refractivity contribution in [3.05, 3.63) is 39.4 Å². The van der Waals surface area contributed by atoms with Crippen LogP contribution in [0.1, 0.15) is 25.8 Å². The van der Waals surface area contributed by atoms with E-state index in [9.17, 15) is 18.9 Å². The maximum atomic E-state index is 13.7. The summed E-state index contributed by atoms with van der Waals surface area (Å²) in [4.78, 5) is 9.80. The van der Waals surface area contributed by atoms with Gasteiger partial charge in [0, 0.05) is 36.4 Å². The van der Waals surface area contributed by atoms with E-state index in [4.69, 9.17) is 4.74 Å². The molecule has 1 fully saturated rings. The molecular formula is C13H16F2N2O3. The van der Waals surface area contributed by atoms with E-state index >= 15 is 0 Å². The van der Waals surface area contributed by atoms with E-state index in [0.717, 1.165) is 12.5 Å². The van der Waals surface area contributed by atoms with Crippen LogP contribution in [0.2, 0.25) is 0 Å². The lowest BCUT2D eigenvalue weighted by atomic mass is 9.94. The molecule has 1 aromatic carbocycles. The number of benzene rings is 1. The number of nitrogens with zero attached hydrogens (tertiary/aromatic N) is 1. The van der Waals surface area contributed by atoms with E-state index in [1.807, 2.05) is 13.8 Å². The van der Waals surface area contributed by atoms with Crippen LogP contribution in [0.4, 0.5) is 14.5 Å². The Morgan fingerprint density at radius 1 is 1.50 bits per heavy atom. The van der Waals surface area contributed by atoms with Gasteiger partial charge in [-0.2, -0.15) is 4.39 Å². The van der Waals surface area contributed by atoms with E-state index in [1.54, 1.807) is 0 Å². The Balaban J connectivity index is 2.17. The highest BCUT2D eigenvalue weighted by Gasteiger charge is 2.36. The van der Waals surface area contributed by atoms with Gasteiger partial charge in [0.15, 0.2) is 0 Å². The van der Waals surface area contributed by atoms with Gasteiger partial charge in [-0.25, -0.2) is 4.39 Å². The number of rotatable bonds is 4. The van der Waals surface area contributed by atoms with Gasteiger partial charge < -0.3 is 10.1 Å². The zero-order chi connectivity index (χ0) is 14.9. The first-order valence-corrected chi connectivity index (χ1v) is 6.32. The summed E-state index contributed by atoms with van der Waals surface area (Å²) >= 11 is 0. The molecule has 2 unspecified atom stereocenters. The first-order valence-electron chi connectivity index (χ1n) is 6.32. The van der Waals surface area contributed by atoms with Crippen molar-refractivity contribution in [1.82, 2.24) is 5.32 Å². The van der Waals surface area contributed by atoms with Gasteiger partial charge in [0.1, 0.15) is 5.82 Å². The fraction of sp³-hybridized carbons (Fsp3) is 0.538. The molecule has 1 aliphatic rings. The summed E-state index contributed by atoms with van der Waals surface area (Å²) in [5.41, 5.74) is -0.974. The molecule has 0 aromatic heterocycles. The van der Waals surface area contributed by atoms with Crippen LogP contribution >= 0.6 is 0 Å². The first kappa shape index (κ1) is 14.8. The summed E-state index contributed by atoms with van der Waals surface area (Å²) in [5.74, 6) is -1.96. The van der Waals surface area contributed by atoms with Crippen molar-refractivity contribution in [3.8, 4) is 0 Å². The maximum Gasteiger partial charge on any atom is 0.305 e. The van der Waals surface area contributed by atoms with Crippen molar-refractivity contribution >= 4 is 5.69 Å². The Morgan fingerprint density at radius 3 is 2.75 bits per heavy atom. The topological polar surface area (TPSA) is 64.4 Å². The van der Waals surface area contributed by atoms with E-state index in [-0.39, 0.29) is 23.8 Å². The molecule has 110 valence electrons. The van der Waals surface area contributed by atoms with Crippen molar-refractivity contribution in [3.63, 3.8) is 0 Å². The first-order chi connectivity index (χ1) is 9.33. The fourth-order valence-corrected chi connectivity index (χ4v) is 2.22. The summed E-state index contributed by atoms with van der Waals surface area (Å²) < 4.78 is 32.3. The number of halogens is 2. The van der Waals surface area contributed by atoms with Gasteiger partial charge in [0.25, 0.3) is 0 Å². The highest BCUT2D eigenvalue weighted by Crippen LogP contribution is 2.27. The van der Waals surface area contributed by atoms with Crippen LogP contribution in [0.25, 0.3) is 0 Å². The van der Waals surface area contributed by atoms with Gasteiger partial charge in [0.2, 0.25) is 5.82 Å². The van der Waals surface area contributed by atoms with E-state index < -0.39 is 22.2 Å². The van der Waals surface area contributed by atoms with Gasteiger partial charge in [0.05, 0.1) is 11.0 Å². The van der Waals surface area contributed by atoms with Crippen molar-refractivity contribution in [1.29, 1.82) is 0 Å². The third kappa shape index (κ3) is 2.78. The molecule has 2 rings (SSSR count). The molecule has 0 radical (unpaired) electrons. The minimum absolute atomic E-state index is 0.0407. The van der Waals surface area contributed by atoms with Crippen LogP contribution in [0.5, 0.6) is 0 Å². The van der Waals surface area contributed by atoms with Crippen LogP contribution in [0, 0.1) is 21.7 Å². The lowest BCUT2D eigenvalue weighted by Gasteiger charge is -2.29. The number of ether oxygens (including phenoxy) is 1. The van der Waals surface area contributed by atoms with Gasteiger partial charge in [-0.05, 0) is 20.3 Å². The van der Waals surface area contributed by atoms with Crippen molar-refractivity contribution < 1.29 is 18.4 Å². The van der Waals surface area contributed by atoms with Crippen LogP contribution < -0.4 is 5.32 Å². The van der Waals surface area contributed by atoms with E-state index in [2.05, 4.69) is 5.32 Å². The lowest BCUT2D eigenvalue weighted by Crippen LogP contribution is -2.47. The van der Waals surface area contributed by atoms with Crippen molar-refractivity contribution in [2.45, 2.75) is 38.5 Å². The molecule has 20 heavy (non-hydrogen) atoms. The summed E-state index contributed by atoms with van der Waals surface area (Å²) in [6.07, 6.45) is 0.722. The minimum atomic E-state index is -1.17. The molecule has 0 spiro atoms. The normalized spacial score (nSPS) is 25.9. The Bertz CT molecular complexity index is 539. The third-order valence-corrected chi connectivity index (χ3v) is 3.88. The van der Waals surface area contributed by atoms with Crippen LogP contribution in [-0.4, -0.2) is 23.2 Å². The van der Waals surface area contributed by atoms with Gasteiger partial charge in [-0.3, -0.25) is 10.1 Å². The molecule has 1 aromatic rings. The smallest absolute Gasteiger partial charge is 0.305 e.